The van der Waals surface area contributed by atoms with E-state index in [1.807, 2.05) is 0 Å². The second kappa shape index (κ2) is 6.58. The number of hydrogen-bond donors (Lipinski definition) is 1. The second-order valence-electron chi connectivity index (χ2n) is 9.31. The first-order valence-electron chi connectivity index (χ1n) is 9.13. The van der Waals surface area contributed by atoms with Gasteiger partial charge in [0.2, 0.25) is 0 Å². The molecule has 21 heavy (non-hydrogen) atoms. The summed E-state index contributed by atoms with van der Waals surface area (Å²) in [6.07, 6.45) is 9.64. The van der Waals surface area contributed by atoms with E-state index in [1.165, 1.54) is 51.5 Å². The van der Waals surface area contributed by atoms with E-state index in [0.29, 0.717) is 11.0 Å². The molecule has 0 aromatic rings. The Hall–Kier alpha value is -0.0800. The van der Waals surface area contributed by atoms with Gasteiger partial charge in [0.25, 0.3) is 0 Å². The van der Waals surface area contributed by atoms with Gasteiger partial charge in [-0.1, -0.05) is 40.5 Å². The molecule has 1 N–H and O–H groups in total. The van der Waals surface area contributed by atoms with E-state index in [-0.39, 0.29) is 0 Å². The quantitative estimate of drug-likeness (QED) is 0.831. The summed E-state index contributed by atoms with van der Waals surface area (Å²) >= 11 is 0. The third-order valence-corrected chi connectivity index (χ3v) is 6.12. The Kier molecular flexibility index (Phi) is 5.41. The van der Waals surface area contributed by atoms with Gasteiger partial charge in [-0.3, -0.25) is 0 Å². The average Bonchev–Trinajstić information content (AvgIpc) is 2.34. The fraction of sp³-hybridized carbons (Fsp3) is 1.00. The Balaban J connectivity index is 1.96. The van der Waals surface area contributed by atoms with Crippen molar-refractivity contribution < 1.29 is 0 Å². The van der Waals surface area contributed by atoms with Crippen LogP contribution in [0.3, 0.4) is 0 Å². The minimum Gasteiger partial charge on any atom is -0.312 e. The molecule has 4 atom stereocenters. The molecule has 0 heterocycles. The second-order valence-corrected chi connectivity index (χ2v) is 9.31. The molecule has 124 valence electrons. The van der Waals surface area contributed by atoms with E-state index in [9.17, 15) is 0 Å². The SMILES string of the molecule is CC1CC(NCC2(N(C)C)CCCC(C)C2)CC(C)(C)C1. The summed E-state index contributed by atoms with van der Waals surface area (Å²) in [4.78, 5) is 2.51. The van der Waals surface area contributed by atoms with Crippen LogP contribution in [-0.2, 0) is 0 Å². The number of nitrogens with one attached hydrogen (secondary N) is 1. The highest BCUT2D eigenvalue weighted by atomic mass is 15.2. The van der Waals surface area contributed by atoms with E-state index in [2.05, 4.69) is 52.0 Å². The largest absolute Gasteiger partial charge is 0.312 e. The van der Waals surface area contributed by atoms with Gasteiger partial charge in [0, 0.05) is 18.1 Å². The van der Waals surface area contributed by atoms with E-state index in [4.69, 9.17) is 0 Å². The van der Waals surface area contributed by atoms with Crippen LogP contribution in [0.5, 0.6) is 0 Å². The minimum absolute atomic E-state index is 0.391. The van der Waals surface area contributed by atoms with Gasteiger partial charge >= 0.3 is 0 Å². The predicted molar refractivity (Wildman–Crippen MR) is 92.6 cm³/mol. The third-order valence-electron chi connectivity index (χ3n) is 6.12. The molecule has 2 saturated carbocycles. The van der Waals surface area contributed by atoms with Crippen molar-refractivity contribution in [1.82, 2.24) is 10.2 Å². The fourth-order valence-corrected chi connectivity index (χ4v) is 5.19. The zero-order valence-corrected chi connectivity index (χ0v) is 15.3. The molecule has 4 unspecified atom stereocenters. The topological polar surface area (TPSA) is 15.3 Å². The van der Waals surface area contributed by atoms with E-state index in [0.717, 1.165) is 17.9 Å². The van der Waals surface area contributed by atoms with Crippen LogP contribution in [0.25, 0.3) is 0 Å². The lowest BCUT2D eigenvalue weighted by molar-refractivity contribution is 0.0629. The van der Waals surface area contributed by atoms with Crippen molar-refractivity contribution in [3.05, 3.63) is 0 Å². The molecule has 0 aromatic carbocycles. The molecule has 0 spiro atoms. The molecule has 0 radical (unpaired) electrons. The highest BCUT2D eigenvalue weighted by molar-refractivity contribution is 4.96. The molecule has 2 nitrogen and oxygen atoms in total. The predicted octanol–water partition coefficient (Wildman–Crippen LogP) is 4.30. The summed E-state index contributed by atoms with van der Waals surface area (Å²) in [5.74, 6) is 1.75. The highest BCUT2D eigenvalue weighted by Gasteiger charge is 2.38. The van der Waals surface area contributed by atoms with Crippen LogP contribution in [0.2, 0.25) is 0 Å². The summed E-state index contributed by atoms with van der Waals surface area (Å²) in [6, 6.07) is 0.720. The maximum absolute atomic E-state index is 3.98. The van der Waals surface area contributed by atoms with Gasteiger partial charge in [-0.05, 0) is 63.5 Å². The summed E-state index contributed by atoms with van der Waals surface area (Å²) in [7, 11) is 4.57. The lowest BCUT2D eigenvalue weighted by Crippen LogP contribution is -2.56. The van der Waals surface area contributed by atoms with Crippen LogP contribution in [0.15, 0.2) is 0 Å². The molecule has 0 bridgehead atoms. The van der Waals surface area contributed by atoms with Crippen LogP contribution >= 0.6 is 0 Å². The molecule has 2 rings (SSSR count). The van der Waals surface area contributed by atoms with Gasteiger partial charge in [-0.15, -0.1) is 0 Å². The van der Waals surface area contributed by atoms with Gasteiger partial charge in [0.15, 0.2) is 0 Å². The molecular formula is C19H38N2. The van der Waals surface area contributed by atoms with Crippen molar-refractivity contribution in [2.75, 3.05) is 20.6 Å². The molecule has 0 saturated heterocycles. The van der Waals surface area contributed by atoms with Crippen molar-refractivity contribution >= 4 is 0 Å². The van der Waals surface area contributed by atoms with Gasteiger partial charge in [0.05, 0.1) is 0 Å². The standard InChI is InChI=1S/C19H38N2/c1-15-8-7-9-19(12-15,21(5)6)14-20-17-10-16(2)11-18(3,4)13-17/h15-17,20H,7-14H2,1-6H3. The molecule has 0 aliphatic heterocycles. The van der Waals surface area contributed by atoms with Crippen molar-refractivity contribution in [1.29, 1.82) is 0 Å². The van der Waals surface area contributed by atoms with Gasteiger partial charge in [-0.25, -0.2) is 0 Å². The lowest BCUT2D eigenvalue weighted by atomic mass is 9.70. The van der Waals surface area contributed by atoms with Crippen molar-refractivity contribution in [3.63, 3.8) is 0 Å². The number of rotatable bonds is 4. The summed E-state index contributed by atoms with van der Waals surface area (Å²) in [5.41, 5.74) is 0.906. The maximum Gasteiger partial charge on any atom is 0.0330 e. The van der Waals surface area contributed by atoms with Crippen molar-refractivity contribution in [2.45, 2.75) is 84.2 Å². The van der Waals surface area contributed by atoms with Gasteiger partial charge in [-0.2, -0.15) is 0 Å². The van der Waals surface area contributed by atoms with Crippen LogP contribution in [0.1, 0.15) is 72.6 Å². The average molecular weight is 295 g/mol. The van der Waals surface area contributed by atoms with Crippen LogP contribution in [0, 0.1) is 17.3 Å². The Labute approximate surface area is 133 Å². The molecule has 2 fully saturated rings. The normalized spacial score (nSPS) is 40.4. The van der Waals surface area contributed by atoms with E-state index < -0.39 is 0 Å². The fourth-order valence-electron chi connectivity index (χ4n) is 5.19. The Morgan fingerprint density at radius 2 is 1.76 bits per heavy atom. The maximum atomic E-state index is 3.98. The molecule has 2 aliphatic rings. The smallest absolute Gasteiger partial charge is 0.0330 e. The Morgan fingerprint density at radius 3 is 2.33 bits per heavy atom. The van der Waals surface area contributed by atoms with Gasteiger partial charge < -0.3 is 10.2 Å². The minimum atomic E-state index is 0.391. The zero-order chi connectivity index (χ0) is 15.7. The zero-order valence-electron chi connectivity index (χ0n) is 15.3. The van der Waals surface area contributed by atoms with Crippen molar-refractivity contribution in [3.8, 4) is 0 Å². The Bertz CT molecular complexity index is 336. The summed E-state index contributed by atoms with van der Waals surface area (Å²) in [6.45, 7) is 10.9. The number of nitrogens with zero attached hydrogens (tertiary/aromatic N) is 1. The highest BCUT2D eigenvalue weighted by Crippen LogP contribution is 2.39. The number of likely N-dealkylation sites (N-methyl/N-ethyl adjacent to an activating group) is 1. The third kappa shape index (κ3) is 4.45. The lowest BCUT2D eigenvalue weighted by Gasteiger charge is -2.47. The Morgan fingerprint density at radius 1 is 1.05 bits per heavy atom. The van der Waals surface area contributed by atoms with Crippen molar-refractivity contribution in [2.24, 2.45) is 17.3 Å². The molecule has 0 amide bonds. The van der Waals surface area contributed by atoms with E-state index in [1.54, 1.807) is 0 Å². The van der Waals surface area contributed by atoms with Gasteiger partial charge in [0.1, 0.15) is 0 Å². The first-order valence-corrected chi connectivity index (χ1v) is 9.13. The molecule has 2 heteroatoms. The number of hydrogen-bond acceptors (Lipinski definition) is 2. The molecule has 2 aliphatic carbocycles. The monoisotopic (exact) mass is 294 g/mol. The first kappa shape index (κ1) is 17.3. The molecular weight excluding hydrogens is 256 g/mol. The first-order chi connectivity index (χ1) is 9.72. The summed E-state index contributed by atoms with van der Waals surface area (Å²) in [5, 5.41) is 3.98. The molecule has 0 aromatic heterocycles. The van der Waals surface area contributed by atoms with Crippen LogP contribution in [0.4, 0.5) is 0 Å². The van der Waals surface area contributed by atoms with Crippen LogP contribution in [-0.4, -0.2) is 37.1 Å². The van der Waals surface area contributed by atoms with Crippen LogP contribution < -0.4 is 5.32 Å². The van der Waals surface area contributed by atoms with E-state index >= 15 is 0 Å². The summed E-state index contributed by atoms with van der Waals surface area (Å²) < 4.78 is 0.